The third-order valence-corrected chi connectivity index (χ3v) is 3.17. The van der Waals surface area contributed by atoms with Crippen LogP contribution in [0.4, 0.5) is 0 Å². The third-order valence-electron chi connectivity index (χ3n) is 2.30. The van der Waals surface area contributed by atoms with Gasteiger partial charge in [-0.15, -0.1) is 11.3 Å². The summed E-state index contributed by atoms with van der Waals surface area (Å²) in [6, 6.07) is 8.26. The molecule has 0 atom stereocenters. The third kappa shape index (κ3) is 3.13. The molecule has 0 radical (unpaired) electrons. The minimum atomic E-state index is 0.499. The molecule has 3 nitrogen and oxygen atoms in total. The second-order valence-electron chi connectivity index (χ2n) is 3.54. The SMILES string of the molecule is NCc1cc(CNCc2cccs2)ccn1. The van der Waals surface area contributed by atoms with Crippen LogP contribution in [0.25, 0.3) is 0 Å². The summed E-state index contributed by atoms with van der Waals surface area (Å²) in [6.07, 6.45) is 1.81. The van der Waals surface area contributed by atoms with E-state index in [0.717, 1.165) is 18.8 Å². The summed E-state index contributed by atoms with van der Waals surface area (Å²) in [4.78, 5) is 5.52. The molecule has 2 heterocycles. The summed E-state index contributed by atoms with van der Waals surface area (Å²) >= 11 is 1.77. The number of nitrogens with one attached hydrogen (secondary N) is 1. The zero-order valence-corrected chi connectivity index (χ0v) is 9.83. The molecular weight excluding hydrogens is 218 g/mol. The van der Waals surface area contributed by atoms with E-state index in [1.165, 1.54) is 10.4 Å². The number of rotatable bonds is 5. The predicted molar refractivity (Wildman–Crippen MR) is 67.0 cm³/mol. The summed E-state index contributed by atoms with van der Waals surface area (Å²) in [5.74, 6) is 0. The molecule has 0 aromatic carbocycles. The van der Waals surface area contributed by atoms with E-state index in [-0.39, 0.29) is 0 Å². The molecule has 0 aliphatic heterocycles. The Hall–Kier alpha value is -1.23. The van der Waals surface area contributed by atoms with E-state index in [0.29, 0.717) is 6.54 Å². The van der Waals surface area contributed by atoms with Crippen molar-refractivity contribution in [2.45, 2.75) is 19.6 Å². The lowest BCUT2D eigenvalue weighted by molar-refractivity contribution is 0.698. The van der Waals surface area contributed by atoms with Gasteiger partial charge in [-0.2, -0.15) is 0 Å². The van der Waals surface area contributed by atoms with Crippen molar-refractivity contribution < 1.29 is 0 Å². The normalized spacial score (nSPS) is 10.6. The molecule has 84 valence electrons. The molecule has 0 bridgehead atoms. The predicted octanol–water partition coefficient (Wildman–Crippen LogP) is 1.89. The molecule has 0 unspecified atom stereocenters. The van der Waals surface area contributed by atoms with Crippen molar-refractivity contribution in [1.29, 1.82) is 0 Å². The van der Waals surface area contributed by atoms with Crippen molar-refractivity contribution >= 4 is 11.3 Å². The number of thiophene rings is 1. The lowest BCUT2D eigenvalue weighted by atomic mass is 10.2. The van der Waals surface area contributed by atoms with Crippen LogP contribution in [0.1, 0.15) is 16.1 Å². The highest BCUT2D eigenvalue weighted by Crippen LogP contribution is 2.08. The van der Waals surface area contributed by atoms with Crippen molar-refractivity contribution in [1.82, 2.24) is 10.3 Å². The maximum Gasteiger partial charge on any atom is 0.0542 e. The average Bonchev–Trinajstić information content (AvgIpc) is 2.82. The van der Waals surface area contributed by atoms with Crippen molar-refractivity contribution in [3.8, 4) is 0 Å². The van der Waals surface area contributed by atoms with E-state index in [4.69, 9.17) is 5.73 Å². The molecule has 0 saturated carbocycles. The molecule has 2 aromatic rings. The van der Waals surface area contributed by atoms with Crippen LogP contribution in [0.15, 0.2) is 35.8 Å². The Morgan fingerprint density at radius 2 is 2.25 bits per heavy atom. The van der Waals surface area contributed by atoms with Crippen LogP contribution < -0.4 is 11.1 Å². The van der Waals surface area contributed by atoms with Gasteiger partial charge in [-0.25, -0.2) is 0 Å². The van der Waals surface area contributed by atoms with Crippen LogP contribution in [0.2, 0.25) is 0 Å². The van der Waals surface area contributed by atoms with Crippen molar-refractivity contribution in [2.75, 3.05) is 0 Å². The van der Waals surface area contributed by atoms with Gasteiger partial charge in [0.15, 0.2) is 0 Å². The first-order chi connectivity index (χ1) is 7.88. The van der Waals surface area contributed by atoms with E-state index in [9.17, 15) is 0 Å². The Kier molecular flexibility index (Phi) is 4.04. The molecule has 0 aliphatic carbocycles. The molecule has 0 saturated heterocycles. The van der Waals surface area contributed by atoms with Crippen LogP contribution >= 0.6 is 11.3 Å². The first-order valence-electron chi connectivity index (χ1n) is 5.25. The standard InChI is InChI=1S/C12H15N3S/c13-7-11-6-10(3-4-15-11)8-14-9-12-2-1-5-16-12/h1-6,14H,7-9,13H2. The van der Waals surface area contributed by atoms with Crippen LogP contribution in [0, 0.1) is 0 Å². The molecule has 3 N–H and O–H groups in total. The van der Waals surface area contributed by atoms with E-state index in [1.807, 2.05) is 18.3 Å². The minimum absolute atomic E-state index is 0.499. The van der Waals surface area contributed by atoms with Gasteiger partial charge < -0.3 is 11.1 Å². The van der Waals surface area contributed by atoms with Crippen molar-refractivity contribution in [3.05, 3.63) is 52.0 Å². The molecule has 0 aliphatic rings. The highest BCUT2D eigenvalue weighted by Gasteiger charge is 1.97. The molecule has 0 spiro atoms. The zero-order valence-electron chi connectivity index (χ0n) is 9.02. The number of hydrogen-bond donors (Lipinski definition) is 2. The topological polar surface area (TPSA) is 50.9 Å². The summed E-state index contributed by atoms with van der Waals surface area (Å²) in [5, 5.41) is 5.49. The fourth-order valence-corrected chi connectivity index (χ4v) is 2.17. The Morgan fingerprint density at radius 1 is 1.31 bits per heavy atom. The van der Waals surface area contributed by atoms with Crippen molar-refractivity contribution in [3.63, 3.8) is 0 Å². The Morgan fingerprint density at radius 3 is 3.00 bits per heavy atom. The average molecular weight is 233 g/mol. The summed E-state index contributed by atoms with van der Waals surface area (Å²) in [7, 11) is 0. The van der Waals surface area contributed by atoms with Gasteiger partial charge in [0, 0.05) is 30.7 Å². The number of pyridine rings is 1. The Balaban J connectivity index is 1.85. The molecule has 0 amide bonds. The number of nitrogens with two attached hydrogens (primary N) is 1. The van der Waals surface area contributed by atoms with Crippen LogP contribution in [0.5, 0.6) is 0 Å². The molecule has 2 rings (SSSR count). The highest BCUT2D eigenvalue weighted by atomic mass is 32.1. The van der Waals surface area contributed by atoms with E-state index >= 15 is 0 Å². The summed E-state index contributed by atoms with van der Waals surface area (Å²) in [5.41, 5.74) is 7.71. The number of nitrogens with zero attached hydrogens (tertiary/aromatic N) is 1. The first-order valence-corrected chi connectivity index (χ1v) is 6.13. The van der Waals surface area contributed by atoms with E-state index < -0.39 is 0 Å². The fraction of sp³-hybridized carbons (Fsp3) is 0.250. The first kappa shape index (κ1) is 11.3. The molecule has 4 heteroatoms. The van der Waals surface area contributed by atoms with Gasteiger partial charge in [-0.1, -0.05) is 6.07 Å². The largest absolute Gasteiger partial charge is 0.325 e. The fourth-order valence-electron chi connectivity index (χ4n) is 1.49. The Labute approximate surface area is 99.3 Å². The van der Waals surface area contributed by atoms with Gasteiger partial charge in [0.25, 0.3) is 0 Å². The summed E-state index contributed by atoms with van der Waals surface area (Å²) in [6.45, 7) is 2.27. The van der Waals surface area contributed by atoms with Gasteiger partial charge in [0.2, 0.25) is 0 Å². The highest BCUT2D eigenvalue weighted by molar-refractivity contribution is 7.09. The lowest BCUT2D eigenvalue weighted by Crippen LogP contribution is -2.12. The maximum atomic E-state index is 5.54. The number of aromatic nitrogens is 1. The molecule has 2 aromatic heterocycles. The van der Waals surface area contributed by atoms with Gasteiger partial charge >= 0.3 is 0 Å². The van der Waals surface area contributed by atoms with Gasteiger partial charge in [0.1, 0.15) is 0 Å². The van der Waals surface area contributed by atoms with E-state index in [1.54, 1.807) is 11.3 Å². The smallest absolute Gasteiger partial charge is 0.0542 e. The van der Waals surface area contributed by atoms with Crippen LogP contribution in [-0.4, -0.2) is 4.98 Å². The molecule has 0 fully saturated rings. The van der Waals surface area contributed by atoms with Crippen LogP contribution in [-0.2, 0) is 19.6 Å². The molecule has 16 heavy (non-hydrogen) atoms. The second-order valence-corrected chi connectivity index (χ2v) is 4.57. The van der Waals surface area contributed by atoms with Crippen LogP contribution in [0.3, 0.4) is 0 Å². The summed E-state index contributed by atoms with van der Waals surface area (Å²) < 4.78 is 0. The lowest BCUT2D eigenvalue weighted by Gasteiger charge is -2.04. The minimum Gasteiger partial charge on any atom is -0.325 e. The van der Waals surface area contributed by atoms with E-state index in [2.05, 4.69) is 27.8 Å². The van der Waals surface area contributed by atoms with Gasteiger partial charge in [-0.05, 0) is 29.1 Å². The molecular formula is C12H15N3S. The Bertz CT molecular complexity index is 426. The van der Waals surface area contributed by atoms with Gasteiger partial charge in [-0.3, -0.25) is 4.98 Å². The van der Waals surface area contributed by atoms with Gasteiger partial charge in [0.05, 0.1) is 5.69 Å². The van der Waals surface area contributed by atoms with Crippen molar-refractivity contribution in [2.24, 2.45) is 5.73 Å². The zero-order chi connectivity index (χ0) is 11.2. The number of hydrogen-bond acceptors (Lipinski definition) is 4. The monoisotopic (exact) mass is 233 g/mol. The quantitative estimate of drug-likeness (QED) is 0.829. The maximum absolute atomic E-state index is 5.54. The second kappa shape index (κ2) is 5.75.